The van der Waals surface area contributed by atoms with Crippen LogP contribution in [0.15, 0.2) is 78.4 Å². The average Bonchev–Trinajstić information content (AvgIpc) is 3.08. The maximum Gasteiger partial charge on any atom is 0.416 e. The number of carbonyl (C=O) groups is 2. The molecule has 1 saturated heterocycles. The quantitative estimate of drug-likeness (QED) is 0.283. The number of benzene rings is 3. The monoisotopic (exact) mass is 465 g/mol. The van der Waals surface area contributed by atoms with Crippen LogP contribution in [0.2, 0.25) is 0 Å². The van der Waals surface area contributed by atoms with E-state index in [4.69, 9.17) is 0 Å². The van der Waals surface area contributed by atoms with Gasteiger partial charge in [0.05, 0.1) is 17.2 Å². The van der Waals surface area contributed by atoms with Gasteiger partial charge in [-0.2, -0.15) is 13.2 Å². The molecule has 1 N–H and O–H groups in total. The van der Waals surface area contributed by atoms with Crippen molar-refractivity contribution in [1.29, 1.82) is 0 Å². The molecule has 1 atom stereocenters. The van der Waals surface area contributed by atoms with Gasteiger partial charge >= 0.3 is 6.18 Å². The Hall–Kier alpha value is -3.87. The fraction of sp³-hybridized carbons (Fsp3) is 0.185. The molecule has 0 saturated carbocycles. The molecular weight excluding hydrogens is 443 g/mol. The predicted octanol–water partition coefficient (Wildman–Crippen LogP) is 6.20. The molecule has 0 radical (unpaired) electrons. The summed E-state index contributed by atoms with van der Waals surface area (Å²) < 4.78 is 40.1. The van der Waals surface area contributed by atoms with Gasteiger partial charge in [0.25, 0.3) is 11.7 Å². The van der Waals surface area contributed by atoms with E-state index < -0.39 is 29.5 Å². The number of hydrogen-bond acceptors (Lipinski definition) is 3. The molecule has 4 nitrogen and oxygen atoms in total. The summed E-state index contributed by atoms with van der Waals surface area (Å²) in [5.41, 5.74) is 1.52. The van der Waals surface area contributed by atoms with Crippen LogP contribution in [-0.2, 0) is 22.2 Å². The fourth-order valence-electron chi connectivity index (χ4n) is 4.14. The lowest BCUT2D eigenvalue weighted by Gasteiger charge is -2.26. The largest absolute Gasteiger partial charge is 0.507 e. The van der Waals surface area contributed by atoms with E-state index in [9.17, 15) is 27.9 Å². The van der Waals surface area contributed by atoms with Crippen molar-refractivity contribution in [1.82, 2.24) is 0 Å². The van der Waals surface area contributed by atoms with Gasteiger partial charge < -0.3 is 5.11 Å². The highest BCUT2D eigenvalue weighted by molar-refractivity contribution is 6.51. The number of rotatable bonds is 4. The predicted molar refractivity (Wildman–Crippen MR) is 123 cm³/mol. The number of Topliss-reactive ketones (excluding diaryl/α,β-unsaturated/α-hetero) is 1. The van der Waals surface area contributed by atoms with Crippen LogP contribution in [-0.4, -0.2) is 16.8 Å². The van der Waals surface area contributed by atoms with Crippen molar-refractivity contribution in [2.75, 3.05) is 4.90 Å². The van der Waals surface area contributed by atoms with Gasteiger partial charge in [-0.1, -0.05) is 67.1 Å². The van der Waals surface area contributed by atoms with Crippen LogP contribution in [0.3, 0.4) is 0 Å². The molecule has 1 fully saturated rings. The third-order valence-electron chi connectivity index (χ3n) is 5.89. The standard InChI is InChI=1S/C27H22F3NO3/c1-3-17-10-12-18(13-11-17)24(32)22-23(19-7-4-6-16(2)14-19)31(26(34)25(22)33)21-9-5-8-20(15-21)27(28,29)30/h4-15,23,32H,3H2,1-2H3/b24-22+. The van der Waals surface area contributed by atoms with Crippen molar-refractivity contribution in [3.63, 3.8) is 0 Å². The molecule has 1 aliphatic rings. The van der Waals surface area contributed by atoms with Crippen LogP contribution in [0.25, 0.3) is 5.76 Å². The van der Waals surface area contributed by atoms with E-state index in [-0.39, 0.29) is 17.0 Å². The van der Waals surface area contributed by atoms with Crippen molar-refractivity contribution in [2.45, 2.75) is 32.5 Å². The van der Waals surface area contributed by atoms with E-state index in [0.29, 0.717) is 11.1 Å². The lowest BCUT2D eigenvalue weighted by Crippen LogP contribution is -2.29. The van der Waals surface area contributed by atoms with Crippen molar-refractivity contribution < 1.29 is 27.9 Å². The molecule has 34 heavy (non-hydrogen) atoms. The van der Waals surface area contributed by atoms with Gasteiger partial charge in [0.2, 0.25) is 0 Å². The molecule has 0 aromatic heterocycles. The number of anilines is 1. The van der Waals surface area contributed by atoms with Crippen molar-refractivity contribution in [3.8, 4) is 0 Å². The molecule has 1 aliphatic heterocycles. The Bertz CT molecular complexity index is 1290. The molecule has 0 bridgehead atoms. The number of ketones is 1. The Morgan fingerprint density at radius 2 is 1.65 bits per heavy atom. The topological polar surface area (TPSA) is 57.6 Å². The zero-order valence-electron chi connectivity index (χ0n) is 18.6. The molecule has 174 valence electrons. The molecule has 1 heterocycles. The zero-order chi connectivity index (χ0) is 24.6. The van der Waals surface area contributed by atoms with Gasteiger partial charge in [-0.25, -0.2) is 0 Å². The number of aliphatic hydroxyl groups is 1. The van der Waals surface area contributed by atoms with Crippen LogP contribution in [0.5, 0.6) is 0 Å². The summed E-state index contributed by atoms with van der Waals surface area (Å²) in [6, 6.07) is 17.1. The second kappa shape index (κ2) is 8.82. The van der Waals surface area contributed by atoms with E-state index in [0.717, 1.165) is 34.6 Å². The molecule has 0 aliphatic carbocycles. The smallest absolute Gasteiger partial charge is 0.416 e. The van der Waals surface area contributed by atoms with Crippen molar-refractivity contribution in [2.24, 2.45) is 0 Å². The Morgan fingerprint density at radius 1 is 0.971 bits per heavy atom. The Balaban J connectivity index is 1.93. The first-order valence-corrected chi connectivity index (χ1v) is 10.8. The summed E-state index contributed by atoms with van der Waals surface area (Å²) in [5, 5.41) is 11.1. The van der Waals surface area contributed by atoms with E-state index in [1.807, 2.05) is 19.9 Å². The van der Waals surface area contributed by atoms with Crippen LogP contribution in [0.4, 0.5) is 18.9 Å². The summed E-state index contributed by atoms with van der Waals surface area (Å²) in [6.45, 7) is 3.80. The number of carbonyl (C=O) groups excluding carboxylic acids is 2. The highest BCUT2D eigenvalue weighted by atomic mass is 19.4. The Morgan fingerprint density at radius 3 is 2.26 bits per heavy atom. The number of hydrogen-bond donors (Lipinski definition) is 1. The van der Waals surface area contributed by atoms with E-state index in [2.05, 4.69) is 0 Å². The van der Waals surface area contributed by atoms with E-state index >= 15 is 0 Å². The average molecular weight is 465 g/mol. The minimum atomic E-state index is -4.62. The number of aryl methyl sites for hydroxylation is 2. The molecule has 3 aromatic rings. The maximum atomic E-state index is 13.4. The van der Waals surface area contributed by atoms with Gasteiger partial charge in [0, 0.05) is 11.3 Å². The highest BCUT2D eigenvalue weighted by Gasteiger charge is 2.47. The second-order valence-corrected chi connectivity index (χ2v) is 8.18. The third kappa shape index (κ3) is 4.21. The van der Waals surface area contributed by atoms with Gasteiger partial charge in [-0.3, -0.25) is 14.5 Å². The Kier molecular flexibility index (Phi) is 6.04. The van der Waals surface area contributed by atoms with Gasteiger partial charge in [0.1, 0.15) is 5.76 Å². The first kappa shape index (κ1) is 23.3. The molecule has 1 unspecified atom stereocenters. The number of aliphatic hydroxyl groups excluding tert-OH is 1. The summed E-state index contributed by atoms with van der Waals surface area (Å²) in [6.07, 6.45) is -3.84. The van der Waals surface area contributed by atoms with Gasteiger partial charge in [-0.15, -0.1) is 0 Å². The van der Waals surface area contributed by atoms with Crippen molar-refractivity contribution >= 4 is 23.1 Å². The SMILES string of the molecule is CCc1ccc(/C(O)=C2\C(=O)C(=O)N(c3cccc(C(F)(F)F)c3)C2c2cccc(C)c2)cc1. The highest BCUT2D eigenvalue weighted by Crippen LogP contribution is 2.43. The van der Waals surface area contributed by atoms with E-state index in [1.165, 1.54) is 12.1 Å². The lowest BCUT2D eigenvalue weighted by molar-refractivity contribution is -0.137. The minimum absolute atomic E-state index is 0.0798. The lowest BCUT2D eigenvalue weighted by atomic mass is 9.94. The third-order valence-corrected chi connectivity index (χ3v) is 5.89. The first-order valence-electron chi connectivity index (χ1n) is 10.8. The Labute approximate surface area is 195 Å². The first-order chi connectivity index (χ1) is 16.1. The van der Waals surface area contributed by atoms with E-state index in [1.54, 1.807) is 42.5 Å². The molecule has 7 heteroatoms. The van der Waals surface area contributed by atoms with Crippen LogP contribution >= 0.6 is 0 Å². The van der Waals surface area contributed by atoms with Crippen LogP contribution in [0, 0.1) is 6.92 Å². The van der Waals surface area contributed by atoms with Crippen molar-refractivity contribution in [3.05, 3.63) is 106 Å². The normalized spacial score (nSPS) is 17.9. The molecular formula is C27H22F3NO3. The minimum Gasteiger partial charge on any atom is -0.507 e. The molecule has 1 amide bonds. The fourth-order valence-corrected chi connectivity index (χ4v) is 4.14. The molecule has 0 spiro atoms. The molecule has 4 rings (SSSR count). The summed E-state index contributed by atoms with van der Waals surface area (Å²) in [4.78, 5) is 27.3. The number of halogens is 3. The summed E-state index contributed by atoms with van der Waals surface area (Å²) in [7, 11) is 0. The van der Waals surface area contributed by atoms with Crippen LogP contribution in [0.1, 0.15) is 40.8 Å². The summed E-state index contributed by atoms with van der Waals surface area (Å²) in [5.74, 6) is -2.33. The maximum absolute atomic E-state index is 13.4. The molecule has 3 aromatic carbocycles. The number of amides is 1. The van der Waals surface area contributed by atoms with Gasteiger partial charge in [0.15, 0.2) is 0 Å². The van der Waals surface area contributed by atoms with Gasteiger partial charge in [-0.05, 0) is 42.7 Å². The zero-order valence-corrected chi connectivity index (χ0v) is 18.6. The number of alkyl halides is 3. The second-order valence-electron chi connectivity index (χ2n) is 8.18. The van der Waals surface area contributed by atoms with Crippen LogP contribution < -0.4 is 4.90 Å². The number of nitrogens with zero attached hydrogens (tertiary/aromatic N) is 1. The summed E-state index contributed by atoms with van der Waals surface area (Å²) >= 11 is 0.